The van der Waals surface area contributed by atoms with Gasteiger partial charge in [0, 0.05) is 75.3 Å². The Labute approximate surface area is 611 Å². The molecule has 16 heteroatoms. The van der Waals surface area contributed by atoms with Crippen LogP contribution in [0.5, 0.6) is 0 Å². The smallest absolute Gasteiger partial charge is 0.444 e. The Hall–Kier alpha value is -12.2. The summed E-state index contributed by atoms with van der Waals surface area (Å²) in [5.41, 5.74) is 25.9. The van der Waals surface area contributed by atoms with Crippen molar-refractivity contribution < 1.29 is 27.7 Å². The number of nitrogens with one attached hydrogen (secondary N) is 2. The van der Waals surface area contributed by atoms with Crippen LogP contribution in [-0.4, -0.2) is 42.1 Å². The van der Waals surface area contributed by atoms with Crippen LogP contribution in [0.15, 0.2) is 342 Å². The van der Waals surface area contributed by atoms with Crippen molar-refractivity contribution in [3.63, 3.8) is 0 Å². The molecule has 19 aromatic rings. The van der Waals surface area contributed by atoms with Crippen molar-refractivity contribution in [2.45, 2.75) is 6.42 Å². The van der Waals surface area contributed by atoms with Gasteiger partial charge in [-0.15, -0.1) is 0 Å². The van der Waals surface area contributed by atoms with Crippen LogP contribution in [0.3, 0.4) is 0 Å². The Morgan fingerprint density at radius 3 is 1.41 bits per heavy atom. The van der Waals surface area contributed by atoms with E-state index in [4.69, 9.17) is 33.5 Å². The minimum absolute atomic E-state index is 0. The highest BCUT2D eigenvalue weighted by molar-refractivity contribution is 9.10. The summed E-state index contributed by atoms with van der Waals surface area (Å²) < 4.78 is 24.6. The fraction of sp³-hybridized carbons (Fsp3) is 0.0115. The molecule has 20 rings (SSSR count). The molecule has 6 N–H and O–H groups in total. The number of rotatable bonds is 6. The van der Waals surface area contributed by atoms with Crippen molar-refractivity contribution in [1.29, 1.82) is 0 Å². The molecular formula is C87H66BBr2N7O6-2. The lowest BCUT2D eigenvalue weighted by atomic mass is 9.93. The van der Waals surface area contributed by atoms with Crippen LogP contribution in [-0.2, 0) is 6.42 Å². The molecular weight excluding hydrogens is 1410 g/mol. The van der Waals surface area contributed by atoms with Gasteiger partial charge in [0.15, 0.2) is 22.3 Å². The molecule has 0 saturated carbocycles. The molecule has 5 aromatic heterocycles. The minimum atomic E-state index is -1.64. The number of benzene rings is 14. The number of oxazole rings is 4. The maximum absolute atomic E-state index is 8.72. The van der Waals surface area contributed by atoms with E-state index in [0.717, 1.165) is 98.8 Å². The summed E-state index contributed by atoms with van der Waals surface area (Å²) in [6.45, 7) is 0. The molecule has 13 nitrogen and oxygen atoms in total. The SMILES string of the molecule is Brc1ccc(-c2nc3ccccc3o2)cc1.Brc1ccc2c(c1)-c1ccccc1C2.Nc1cccc2ccccc12.OB(O)c1nc2ccccc2o1.[CH3-].[CH3-].c1ccc2c(Nc3ccc(-c4nc5ccccc5o4)cc3)cccc2c1.c1ccc2oc(-c3ccc4[nH]c5ccccc5c4c3)nc2c1. The normalized spacial score (nSPS) is 11.0. The molecule has 0 fully saturated rings. The second kappa shape index (κ2) is 31.6. The van der Waals surface area contributed by atoms with Gasteiger partial charge in [-0.25, -0.2) is 19.9 Å². The molecule has 1 aliphatic rings. The van der Waals surface area contributed by atoms with Gasteiger partial charge in [-0.05, 0) is 185 Å². The Balaban J connectivity index is 0.000000113. The summed E-state index contributed by atoms with van der Waals surface area (Å²) in [5, 5.41) is 28.1. The van der Waals surface area contributed by atoms with Gasteiger partial charge in [0.05, 0.1) is 0 Å². The van der Waals surface area contributed by atoms with Crippen LogP contribution in [0.25, 0.3) is 133 Å². The zero-order chi connectivity index (χ0) is 68.6. The van der Waals surface area contributed by atoms with Crippen LogP contribution in [0, 0.1) is 14.9 Å². The van der Waals surface area contributed by atoms with Gasteiger partial charge in [0.2, 0.25) is 23.5 Å². The molecule has 14 aromatic carbocycles. The zero-order valence-corrected chi connectivity index (χ0v) is 59.1. The molecule has 0 spiro atoms. The number of H-pyrrole nitrogens is 1. The lowest BCUT2D eigenvalue weighted by Gasteiger charge is -2.10. The summed E-state index contributed by atoms with van der Waals surface area (Å²) in [6.07, 6.45) is 1.08. The highest BCUT2D eigenvalue weighted by Gasteiger charge is 2.20. The maximum Gasteiger partial charge on any atom is 0.548 e. The Morgan fingerprint density at radius 1 is 0.369 bits per heavy atom. The summed E-state index contributed by atoms with van der Waals surface area (Å²) in [5.74, 6) is 1.89. The third kappa shape index (κ3) is 15.7. The monoisotopic (exact) mass is 1470 g/mol. The quantitative estimate of drug-likeness (QED) is 0.0601. The van der Waals surface area contributed by atoms with Crippen LogP contribution >= 0.6 is 31.9 Å². The predicted molar refractivity (Wildman–Crippen MR) is 430 cm³/mol. The van der Waals surface area contributed by atoms with Gasteiger partial charge < -0.3 is 58.6 Å². The first-order valence-corrected chi connectivity index (χ1v) is 34.2. The van der Waals surface area contributed by atoms with Crippen LogP contribution in [0.4, 0.5) is 17.1 Å². The van der Waals surface area contributed by atoms with Crippen molar-refractivity contribution in [2.24, 2.45) is 0 Å². The average Bonchev–Trinajstić information content (AvgIpc) is 1.66. The van der Waals surface area contributed by atoms with E-state index < -0.39 is 7.12 Å². The van der Waals surface area contributed by atoms with Crippen LogP contribution in [0.2, 0.25) is 0 Å². The second-order valence-corrected chi connectivity index (χ2v) is 25.6. The summed E-state index contributed by atoms with van der Waals surface area (Å²) in [7, 11) is -1.64. The number of aromatic nitrogens is 5. The standard InChI is InChI=1S/C23H16N2O.C19H12N2O.C13H8BrNO.C13H9Br.C10H9N.C7H6BNO3.2CH3/c1-2-8-19-16(6-1)7-5-10-20(19)24-18-14-12-17(13-15-18)23-25-21-9-3-4-11-22(21)26-23;1-2-6-15-13(5-1)14-11-12(9-10-16(14)20-15)19-21-17-7-3-4-8-18(17)22-19;14-10-7-5-9(6-8-10)13-15-11-3-1-2-4-12(11)16-13;14-11-6-5-10-7-9-3-1-2-4-12(9)13(10)8-11;11-10-7-3-5-8-4-1-2-6-9(8)10;10-8(11)7-9-5-3-1-2-4-6(5)12-7;;/h1-15,24H;1-11,20H;1-8H;1-6,8H,7H2;1-7H,11H2;1-4,10-11H;2*1H3/q;;;;;;2*-1. The van der Waals surface area contributed by atoms with E-state index in [1.807, 2.05) is 164 Å². The van der Waals surface area contributed by atoms with E-state index in [2.05, 4.69) is 189 Å². The Bertz CT molecular complexity index is 5960. The highest BCUT2D eigenvalue weighted by Crippen LogP contribution is 2.38. The number of hydrogen-bond donors (Lipinski definition) is 5. The average molecular weight is 1480 g/mol. The van der Waals surface area contributed by atoms with Crippen molar-refractivity contribution in [3.05, 3.63) is 350 Å². The van der Waals surface area contributed by atoms with E-state index in [0.29, 0.717) is 28.8 Å². The molecule has 0 amide bonds. The molecule has 0 saturated heterocycles. The molecule has 0 unspecified atom stereocenters. The molecule has 0 bridgehead atoms. The number of nitrogens with two attached hydrogens (primary N) is 1. The van der Waals surface area contributed by atoms with Crippen molar-refractivity contribution in [3.8, 4) is 45.5 Å². The lowest BCUT2D eigenvalue weighted by molar-refractivity contribution is 0.409. The number of aromatic amines is 1. The number of fused-ring (bicyclic) bond motifs is 12. The largest absolute Gasteiger partial charge is 0.548 e. The molecule has 5 heterocycles. The first kappa shape index (κ1) is 69.3. The number of halogens is 2. The minimum Gasteiger partial charge on any atom is -0.444 e. The van der Waals surface area contributed by atoms with Gasteiger partial charge in [-0.3, -0.25) is 0 Å². The van der Waals surface area contributed by atoms with Gasteiger partial charge >= 0.3 is 7.12 Å². The van der Waals surface area contributed by atoms with E-state index in [1.54, 1.807) is 24.3 Å². The summed E-state index contributed by atoms with van der Waals surface area (Å²) in [4.78, 5) is 20.8. The molecule has 0 radical (unpaired) electrons. The third-order valence-electron chi connectivity index (χ3n) is 17.0. The van der Waals surface area contributed by atoms with E-state index in [1.165, 1.54) is 49.2 Å². The number of para-hydroxylation sites is 9. The number of nitrogen functional groups attached to an aromatic ring is 1. The summed E-state index contributed by atoms with van der Waals surface area (Å²) >= 11 is 6.92. The molecule has 0 aliphatic heterocycles. The van der Waals surface area contributed by atoms with Gasteiger partial charge in [-0.1, -0.05) is 202 Å². The lowest BCUT2D eigenvalue weighted by Crippen LogP contribution is -2.30. The van der Waals surface area contributed by atoms with Crippen LogP contribution < -0.4 is 16.8 Å². The molecule has 1 aliphatic carbocycles. The fourth-order valence-corrected chi connectivity index (χ4v) is 12.7. The number of hydrogen-bond acceptors (Lipinski definition) is 12. The Kier molecular flexibility index (Phi) is 21.2. The number of nitrogens with zero attached hydrogens (tertiary/aromatic N) is 4. The van der Waals surface area contributed by atoms with Crippen molar-refractivity contribution >= 4 is 150 Å². The van der Waals surface area contributed by atoms with E-state index in [-0.39, 0.29) is 20.6 Å². The molecule has 0 atom stereocenters. The first-order chi connectivity index (χ1) is 49.6. The second-order valence-electron chi connectivity index (χ2n) is 23.7. The topological polar surface area (TPSA) is 198 Å². The van der Waals surface area contributed by atoms with Gasteiger partial charge in [0.25, 0.3) is 0 Å². The maximum atomic E-state index is 8.72. The Morgan fingerprint density at radius 2 is 0.816 bits per heavy atom. The third-order valence-corrected chi connectivity index (χ3v) is 18.1. The fourth-order valence-electron chi connectivity index (χ4n) is 12.1. The van der Waals surface area contributed by atoms with Gasteiger partial charge in [-0.2, -0.15) is 0 Å². The zero-order valence-electron chi connectivity index (χ0n) is 56.0. The van der Waals surface area contributed by atoms with Crippen molar-refractivity contribution in [2.75, 3.05) is 11.1 Å². The van der Waals surface area contributed by atoms with Crippen LogP contribution in [0.1, 0.15) is 11.1 Å². The molecule has 103 heavy (non-hydrogen) atoms. The first-order valence-electron chi connectivity index (χ1n) is 32.6. The number of anilines is 3. The predicted octanol–water partition coefficient (Wildman–Crippen LogP) is 22.6. The van der Waals surface area contributed by atoms with Crippen molar-refractivity contribution in [1.82, 2.24) is 24.9 Å². The highest BCUT2D eigenvalue weighted by atomic mass is 79.9. The molecule has 504 valence electrons. The van der Waals surface area contributed by atoms with Gasteiger partial charge in [0.1, 0.15) is 22.1 Å². The van der Waals surface area contributed by atoms with E-state index in [9.17, 15) is 0 Å². The van der Waals surface area contributed by atoms with E-state index >= 15 is 0 Å². The summed E-state index contributed by atoms with van der Waals surface area (Å²) in [6, 6.07) is 105.